The van der Waals surface area contributed by atoms with Crippen molar-refractivity contribution in [2.24, 2.45) is 0 Å². The summed E-state index contributed by atoms with van der Waals surface area (Å²) < 4.78 is 26.7. The van der Waals surface area contributed by atoms with Gasteiger partial charge in [-0.2, -0.15) is 0 Å². The van der Waals surface area contributed by atoms with E-state index < -0.39 is 17.4 Å². The summed E-state index contributed by atoms with van der Waals surface area (Å²) in [7, 11) is 2.74. The molecule has 0 aromatic rings. The van der Waals surface area contributed by atoms with Crippen molar-refractivity contribution >= 4 is 17.4 Å². The van der Waals surface area contributed by atoms with Gasteiger partial charge in [-0.3, -0.25) is 0 Å². The van der Waals surface area contributed by atoms with Crippen LogP contribution < -0.4 is 0 Å². The van der Waals surface area contributed by atoms with E-state index in [1.54, 1.807) is 41.2 Å². The molecule has 0 saturated heterocycles. The molecule has 0 radical (unpaired) electrons. The third kappa shape index (κ3) is 3.49. The van der Waals surface area contributed by atoms with Crippen LogP contribution >= 0.6 is 0 Å². The second-order valence-corrected chi connectivity index (χ2v) is 9.75. The summed E-state index contributed by atoms with van der Waals surface area (Å²) in [6.07, 6.45) is 0. The molecule has 0 aliphatic rings. The Morgan fingerprint density at radius 3 is 1.47 bits per heavy atom. The lowest BCUT2D eigenvalue weighted by atomic mass is 11.3. The van der Waals surface area contributed by atoms with Gasteiger partial charge < -0.3 is 22.1 Å². The van der Waals surface area contributed by atoms with Gasteiger partial charge in [0, 0.05) is 35.5 Å². The Bertz CT molecular complexity index is 183. The van der Waals surface area contributed by atoms with E-state index in [9.17, 15) is 0 Å². The molecule has 0 fully saturated rings. The van der Waals surface area contributed by atoms with Gasteiger partial charge in [0.15, 0.2) is 0 Å². The molecule has 0 rings (SSSR count). The van der Waals surface area contributed by atoms with Crippen LogP contribution in [-0.2, 0) is 22.1 Å². The van der Waals surface area contributed by atoms with Gasteiger partial charge in [0.1, 0.15) is 0 Å². The molecular formula is C8H20O5Si2. The fraction of sp³-hybridized carbons (Fsp3) is 0.750. The van der Waals surface area contributed by atoms with E-state index in [2.05, 4.69) is 6.58 Å². The zero-order chi connectivity index (χ0) is 11.9. The third-order valence-electron chi connectivity index (χ3n) is 2.40. The monoisotopic (exact) mass is 252 g/mol. The molecule has 0 aromatic heterocycles. The molecule has 0 bridgehead atoms. The first-order valence-corrected chi connectivity index (χ1v) is 8.50. The first kappa shape index (κ1) is 15.0. The topological polar surface area (TPSA) is 46.2 Å². The lowest BCUT2D eigenvalue weighted by molar-refractivity contribution is 0.123. The van der Waals surface area contributed by atoms with Crippen LogP contribution in [0.25, 0.3) is 0 Å². The van der Waals surface area contributed by atoms with E-state index in [1.807, 2.05) is 0 Å². The Morgan fingerprint density at radius 1 is 0.867 bits per heavy atom. The fourth-order valence-corrected chi connectivity index (χ4v) is 8.11. The van der Waals surface area contributed by atoms with Crippen LogP contribution in [0.1, 0.15) is 0 Å². The third-order valence-corrected chi connectivity index (χ3v) is 9.97. The highest BCUT2D eigenvalue weighted by Gasteiger charge is 2.50. The molecule has 0 amide bonds. The van der Waals surface area contributed by atoms with Crippen molar-refractivity contribution < 1.29 is 22.1 Å². The van der Waals surface area contributed by atoms with Crippen molar-refractivity contribution in [3.05, 3.63) is 12.3 Å². The first-order chi connectivity index (χ1) is 7.07. The molecule has 15 heavy (non-hydrogen) atoms. The number of hydrogen-bond donors (Lipinski definition) is 0. The number of rotatable bonds is 8. The molecule has 0 heterocycles. The Labute approximate surface area is 93.6 Å². The van der Waals surface area contributed by atoms with Crippen molar-refractivity contribution in [3.63, 3.8) is 0 Å². The minimum Gasteiger partial charge on any atom is -0.395 e. The summed E-state index contributed by atoms with van der Waals surface area (Å²) >= 11 is 0. The van der Waals surface area contributed by atoms with E-state index in [4.69, 9.17) is 22.1 Å². The van der Waals surface area contributed by atoms with Crippen molar-refractivity contribution in [1.82, 2.24) is 0 Å². The molecule has 0 aliphatic heterocycles. The van der Waals surface area contributed by atoms with Crippen LogP contribution in [0.2, 0.25) is 5.67 Å². The predicted octanol–water partition coefficient (Wildman–Crippen LogP) is 0.864. The Hall–Kier alpha value is -0.0262. The SMILES string of the molecule is C=C[Si](C[Si](OC)(OC)OC)(OC)OC. The highest BCUT2D eigenvalue weighted by atomic mass is 28.4. The van der Waals surface area contributed by atoms with Crippen molar-refractivity contribution in [2.45, 2.75) is 5.67 Å². The van der Waals surface area contributed by atoms with E-state index in [0.717, 1.165) is 0 Å². The average molecular weight is 252 g/mol. The summed E-state index contributed by atoms with van der Waals surface area (Å²) in [5.74, 6) is 0. The van der Waals surface area contributed by atoms with Crippen LogP contribution in [0.4, 0.5) is 0 Å². The highest BCUT2D eigenvalue weighted by Crippen LogP contribution is 2.23. The smallest absolute Gasteiger partial charge is 0.395 e. The Kier molecular flexibility index (Phi) is 6.52. The van der Waals surface area contributed by atoms with Gasteiger partial charge in [0.25, 0.3) is 0 Å². The van der Waals surface area contributed by atoms with Crippen LogP contribution in [0.15, 0.2) is 12.3 Å². The molecule has 0 unspecified atom stereocenters. The van der Waals surface area contributed by atoms with Gasteiger partial charge in [0.2, 0.25) is 0 Å². The van der Waals surface area contributed by atoms with E-state index in [1.165, 1.54) is 0 Å². The standard InChI is InChI=1S/C8H20O5Si2/c1-7-14(9-2,10-3)8-15(11-4,12-5)13-6/h7H,1,8H2,2-6H3. The molecule has 7 heteroatoms. The molecule has 0 aromatic carbocycles. The quantitative estimate of drug-likeness (QED) is 0.600. The van der Waals surface area contributed by atoms with Crippen LogP contribution in [-0.4, -0.2) is 52.9 Å². The maximum Gasteiger partial charge on any atom is 0.502 e. The molecule has 5 nitrogen and oxygen atoms in total. The second-order valence-electron chi connectivity index (χ2n) is 2.90. The zero-order valence-corrected chi connectivity index (χ0v) is 12.0. The van der Waals surface area contributed by atoms with Crippen molar-refractivity contribution in [2.75, 3.05) is 35.5 Å². The molecule has 0 N–H and O–H groups in total. The van der Waals surface area contributed by atoms with Gasteiger partial charge in [-0.1, -0.05) is 0 Å². The summed E-state index contributed by atoms with van der Waals surface area (Å²) in [4.78, 5) is 0. The van der Waals surface area contributed by atoms with E-state index in [0.29, 0.717) is 5.67 Å². The van der Waals surface area contributed by atoms with Crippen molar-refractivity contribution in [3.8, 4) is 0 Å². The Morgan fingerprint density at radius 2 is 1.27 bits per heavy atom. The maximum atomic E-state index is 5.39. The van der Waals surface area contributed by atoms with E-state index in [-0.39, 0.29) is 0 Å². The predicted molar refractivity (Wildman–Crippen MR) is 61.6 cm³/mol. The lowest BCUT2D eigenvalue weighted by Crippen LogP contribution is -2.53. The number of hydrogen-bond acceptors (Lipinski definition) is 5. The summed E-state index contributed by atoms with van der Waals surface area (Å²) in [5.41, 5.74) is 2.19. The normalized spacial score (nSPS) is 12.9. The fourth-order valence-electron chi connectivity index (χ4n) is 1.23. The largest absolute Gasteiger partial charge is 0.502 e. The first-order valence-electron chi connectivity index (χ1n) is 4.47. The molecule has 0 saturated carbocycles. The molecule has 0 spiro atoms. The minimum atomic E-state index is -2.68. The molecule has 90 valence electrons. The van der Waals surface area contributed by atoms with Crippen LogP contribution in [0.3, 0.4) is 0 Å². The van der Waals surface area contributed by atoms with Gasteiger partial charge in [-0.05, 0) is 5.70 Å². The van der Waals surface area contributed by atoms with Gasteiger partial charge >= 0.3 is 17.4 Å². The second kappa shape index (κ2) is 6.53. The molecule has 0 atom stereocenters. The maximum absolute atomic E-state index is 5.39. The van der Waals surface area contributed by atoms with Crippen molar-refractivity contribution in [1.29, 1.82) is 0 Å². The highest BCUT2D eigenvalue weighted by molar-refractivity contribution is 6.86. The summed E-state index contributed by atoms with van der Waals surface area (Å²) in [6, 6.07) is 0. The lowest BCUT2D eigenvalue weighted by Gasteiger charge is -2.31. The minimum absolute atomic E-state index is 0.486. The zero-order valence-electron chi connectivity index (χ0n) is 10.0. The van der Waals surface area contributed by atoms with Gasteiger partial charge in [-0.15, -0.1) is 6.58 Å². The molecular weight excluding hydrogens is 232 g/mol. The van der Waals surface area contributed by atoms with Crippen LogP contribution in [0.5, 0.6) is 0 Å². The van der Waals surface area contributed by atoms with E-state index >= 15 is 0 Å². The van der Waals surface area contributed by atoms with Crippen LogP contribution in [0, 0.1) is 0 Å². The average Bonchev–Trinajstić information content (AvgIpc) is 2.33. The van der Waals surface area contributed by atoms with Gasteiger partial charge in [-0.25, -0.2) is 0 Å². The Balaban J connectivity index is 4.82. The summed E-state index contributed by atoms with van der Waals surface area (Å²) in [5, 5.41) is 0. The summed E-state index contributed by atoms with van der Waals surface area (Å²) in [6.45, 7) is 3.73. The van der Waals surface area contributed by atoms with Gasteiger partial charge in [0.05, 0.1) is 5.67 Å². The molecule has 0 aliphatic carbocycles.